The molecule has 6 nitrogen and oxygen atoms in total. The van der Waals surface area contributed by atoms with Gasteiger partial charge in [-0.25, -0.2) is 4.39 Å². The summed E-state index contributed by atoms with van der Waals surface area (Å²) in [5, 5.41) is 13.6. The Kier molecular flexibility index (Phi) is 6.08. The number of aromatic nitrogens is 2. The Morgan fingerprint density at radius 2 is 1.78 bits per heavy atom. The highest BCUT2D eigenvalue weighted by Crippen LogP contribution is 2.58. The minimum atomic E-state index is -4.67. The van der Waals surface area contributed by atoms with Crippen LogP contribution >= 0.6 is 11.6 Å². The lowest BCUT2D eigenvalue weighted by Crippen LogP contribution is -2.48. The van der Waals surface area contributed by atoms with Crippen molar-refractivity contribution in [1.82, 2.24) is 14.7 Å². The zero-order valence-electron chi connectivity index (χ0n) is 19.5. The van der Waals surface area contributed by atoms with Crippen molar-refractivity contribution < 1.29 is 32.3 Å². The Morgan fingerprint density at radius 1 is 1.11 bits per heavy atom. The van der Waals surface area contributed by atoms with Gasteiger partial charge in [-0.2, -0.15) is 18.3 Å². The Morgan fingerprint density at radius 3 is 2.36 bits per heavy atom. The van der Waals surface area contributed by atoms with Crippen LogP contribution in [0.4, 0.5) is 17.6 Å². The summed E-state index contributed by atoms with van der Waals surface area (Å²) in [6.45, 7) is -0.114. The Hall–Kier alpha value is -2.62. The number of aliphatic carboxylic acids is 1. The molecule has 2 aromatic rings. The second-order valence-corrected chi connectivity index (χ2v) is 10.9. The second-order valence-electron chi connectivity index (χ2n) is 10.5. The first-order valence-electron chi connectivity index (χ1n) is 12.0. The highest BCUT2D eigenvalue weighted by Gasteiger charge is 2.53. The number of alkyl halides is 3. The maximum atomic E-state index is 14.4. The van der Waals surface area contributed by atoms with Crippen LogP contribution in [0.1, 0.15) is 67.5 Å². The van der Waals surface area contributed by atoms with E-state index in [1.54, 1.807) is 4.90 Å². The van der Waals surface area contributed by atoms with E-state index in [4.69, 9.17) is 11.6 Å². The number of carbonyl (C=O) groups is 2. The van der Waals surface area contributed by atoms with Gasteiger partial charge in [0, 0.05) is 29.1 Å². The Bertz CT molecular complexity index is 1200. The first-order chi connectivity index (χ1) is 16.9. The molecule has 2 bridgehead atoms. The molecule has 0 atom stereocenters. The maximum Gasteiger partial charge on any atom is 0.435 e. The van der Waals surface area contributed by atoms with Crippen LogP contribution in [0.25, 0.3) is 0 Å². The minimum Gasteiger partial charge on any atom is -0.481 e. The third-order valence-electron chi connectivity index (χ3n) is 8.48. The van der Waals surface area contributed by atoms with Crippen molar-refractivity contribution in [2.45, 2.75) is 70.6 Å². The van der Waals surface area contributed by atoms with Gasteiger partial charge in [-0.05, 0) is 62.5 Å². The van der Waals surface area contributed by atoms with Crippen LogP contribution in [-0.4, -0.2) is 38.2 Å². The number of fused-ring (bicyclic) bond motifs is 4. The standard InChI is InChI=1S/C25H26ClF4N3O3/c26-16-2-1-15(18(27)11-16)13-33-19-14-32(10-3-17(19)21(31-33)25(28,29)30)20(34)12-23-4-7-24(8-5-23,9-6-23)22(35)36/h1-2,11H,3-10,12-14H2,(H,35,36). The summed E-state index contributed by atoms with van der Waals surface area (Å²) in [5.41, 5.74) is -1.48. The minimum absolute atomic E-state index is 0.00808. The number of benzene rings is 1. The van der Waals surface area contributed by atoms with E-state index in [0.29, 0.717) is 38.5 Å². The summed E-state index contributed by atoms with van der Waals surface area (Å²) in [5.74, 6) is -1.56. The summed E-state index contributed by atoms with van der Waals surface area (Å²) >= 11 is 5.80. The van der Waals surface area contributed by atoms with Crippen LogP contribution in [0.2, 0.25) is 5.02 Å². The number of carboxylic acid groups (broad SMARTS) is 1. The molecule has 1 aliphatic heterocycles. The molecular weight excluding hydrogens is 502 g/mol. The molecule has 0 spiro atoms. The molecule has 36 heavy (non-hydrogen) atoms. The van der Waals surface area contributed by atoms with Gasteiger partial charge in [0.2, 0.25) is 5.91 Å². The van der Waals surface area contributed by atoms with Crippen molar-refractivity contribution in [3.8, 4) is 0 Å². The van der Waals surface area contributed by atoms with E-state index in [9.17, 15) is 32.3 Å². The number of hydrogen-bond donors (Lipinski definition) is 1. The highest BCUT2D eigenvalue weighted by molar-refractivity contribution is 6.30. The molecule has 0 radical (unpaired) electrons. The molecule has 2 heterocycles. The molecule has 1 aromatic carbocycles. The smallest absolute Gasteiger partial charge is 0.435 e. The summed E-state index contributed by atoms with van der Waals surface area (Å²) in [6, 6.07) is 3.97. The van der Waals surface area contributed by atoms with E-state index in [1.165, 1.54) is 12.1 Å². The number of halogens is 5. The topological polar surface area (TPSA) is 75.4 Å². The summed E-state index contributed by atoms with van der Waals surface area (Å²) < 4.78 is 56.7. The van der Waals surface area contributed by atoms with E-state index >= 15 is 0 Å². The molecule has 3 aliphatic carbocycles. The second kappa shape index (κ2) is 8.75. The molecule has 3 saturated carbocycles. The molecular formula is C25H26ClF4N3O3. The fourth-order valence-electron chi connectivity index (χ4n) is 6.14. The third kappa shape index (κ3) is 4.37. The van der Waals surface area contributed by atoms with E-state index in [1.807, 2.05) is 0 Å². The molecule has 0 saturated heterocycles. The van der Waals surface area contributed by atoms with Crippen molar-refractivity contribution in [1.29, 1.82) is 0 Å². The lowest BCUT2D eigenvalue weighted by Gasteiger charge is -2.51. The van der Waals surface area contributed by atoms with Gasteiger partial charge in [0.25, 0.3) is 0 Å². The van der Waals surface area contributed by atoms with Crippen LogP contribution in [0.5, 0.6) is 0 Å². The summed E-state index contributed by atoms with van der Waals surface area (Å²) in [7, 11) is 0. The van der Waals surface area contributed by atoms with Crippen molar-refractivity contribution in [2.24, 2.45) is 10.8 Å². The summed E-state index contributed by atoms with van der Waals surface area (Å²) in [4.78, 5) is 26.6. The van der Waals surface area contributed by atoms with Gasteiger partial charge >= 0.3 is 12.1 Å². The molecule has 3 fully saturated rings. The van der Waals surface area contributed by atoms with E-state index < -0.39 is 29.1 Å². The maximum absolute atomic E-state index is 14.4. The van der Waals surface area contributed by atoms with Gasteiger partial charge in [0.05, 0.1) is 24.2 Å². The molecule has 0 unspecified atom stereocenters. The largest absolute Gasteiger partial charge is 0.481 e. The number of carboxylic acids is 1. The van der Waals surface area contributed by atoms with Crippen molar-refractivity contribution in [2.75, 3.05) is 6.54 Å². The average Bonchev–Trinajstić information content (AvgIpc) is 3.20. The number of rotatable bonds is 5. The van der Waals surface area contributed by atoms with E-state index in [-0.39, 0.29) is 65.6 Å². The molecule has 1 aromatic heterocycles. The molecule has 4 aliphatic rings. The molecule has 194 valence electrons. The van der Waals surface area contributed by atoms with E-state index in [2.05, 4.69) is 5.10 Å². The van der Waals surface area contributed by atoms with Gasteiger partial charge in [0.15, 0.2) is 5.69 Å². The highest BCUT2D eigenvalue weighted by atomic mass is 35.5. The predicted molar refractivity (Wildman–Crippen MR) is 122 cm³/mol. The predicted octanol–water partition coefficient (Wildman–Crippen LogP) is 5.44. The van der Waals surface area contributed by atoms with Crippen LogP contribution in [0.15, 0.2) is 18.2 Å². The van der Waals surface area contributed by atoms with Gasteiger partial charge in [-0.3, -0.25) is 14.3 Å². The molecule has 1 N–H and O–H groups in total. The fraction of sp³-hybridized carbons (Fsp3) is 0.560. The first kappa shape index (κ1) is 25.0. The van der Waals surface area contributed by atoms with Gasteiger partial charge in [-0.15, -0.1) is 0 Å². The monoisotopic (exact) mass is 527 g/mol. The molecule has 11 heteroatoms. The van der Waals surface area contributed by atoms with Crippen LogP contribution in [0, 0.1) is 16.6 Å². The first-order valence-corrected chi connectivity index (χ1v) is 12.4. The molecule has 1 amide bonds. The van der Waals surface area contributed by atoms with Gasteiger partial charge < -0.3 is 10.0 Å². The fourth-order valence-corrected chi connectivity index (χ4v) is 6.30. The normalized spacial score (nSPS) is 25.6. The van der Waals surface area contributed by atoms with Crippen molar-refractivity contribution >= 4 is 23.5 Å². The average molecular weight is 528 g/mol. The lowest BCUT2D eigenvalue weighted by atomic mass is 9.53. The Labute approximate surface area is 210 Å². The SMILES string of the molecule is O=C(CC12CCC(C(=O)O)(CC1)CC2)N1CCc2c(C(F)(F)F)nn(Cc3ccc(Cl)cc3F)c2C1. The quantitative estimate of drug-likeness (QED) is 0.525. The number of carbonyl (C=O) groups excluding carboxylic acids is 1. The Balaban J connectivity index is 1.36. The van der Waals surface area contributed by atoms with Crippen LogP contribution in [-0.2, 0) is 35.3 Å². The lowest BCUT2D eigenvalue weighted by molar-refractivity contribution is -0.160. The number of nitrogens with zero attached hydrogens (tertiary/aromatic N) is 3. The number of hydrogen-bond acceptors (Lipinski definition) is 3. The van der Waals surface area contributed by atoms with Crippen LogP contribution in [0.3, 0.4) is 0 Å². The van der Waals surface area contributed by atoms with Gasteiger partial charge in [-0.1, -0.05) is 17.7 Å². The number of amides is 1. The third-order valence-corrected chi connectivity index (χ3v) is 8.71. The van der Waals surface area contributed by atoms with Crippen LogP contribution < -0.4 is 0 Å². The summed E-state index contributed by atoms with van der Waals surface area (Å²) in [6.07, 6.45) is -0.767. The zero-order chi connectivity index (χ0) is 25.9. The van der Waals surface area contributed by atoms with Crippen molar-refractivity contribution in [3.05, 3.63) is 51.6 Å². The van der Waals surface area contributed by atoms with Crippen molar-refractivity contribution in [3.63, 3.8) is 0 Å². The van der Waals surface area contributed by atoms with Gasteiger partial charge in [0.1, 0.15) is 5.82 Å². The van der Waals surface area contributed by atoms with E-state index in [0.717, 1.165) is 10.7 Å². The molecule has 6 rings (SSSR count). The zero-order valence-corrected chi connectivity index (χ0v) is 20.3.